The first-order valence-electron chi connectivity index (χ1n) is 10.3. The van der Waals surface area contributed by atoms with Crippen molar-refractivity contribution < 1.29 is 17.9 Å². The summed E-state index contributed by atoms with van der Waals surface area (Å²) in [5.41, 5.74) is 0.927. The van der Waals surface area contributed by atoms with Gasteiger partial charge in [-0.2, -0.15) is 0 Å². The minimum absolute atomic E-state index is 0.0170. The predicted molar refractivity (Wildman–Crippen MR) is 128 cm³/mol. The first-order chi connectivity index (χ1) is 15.8. The van der Waals surface area contributed by atoms with Gasteiger partial charge in [0.1, 0.15) is 16.4 Å². The average molecular weight is 484 g/mol. The molecule has 3 aromatic carbocycles. The van der Waals surface area contributed by atoms with Gasteiger partial charge in [-0.25, -0.2) is 8.42 Å². The molecule has 33 heavy (non-hydrogen) atoms. The van der Waals surface area contributed by atoms with E-state index in [0.29, 0.717) is 35.2 Å². The molecule has 0 aliphatic carbocycles. The summed E-state index contributed by atoms with van der Waals surface area (Å²) >= 11 is 6.00. The standard InChI is InChI=1S/C25H22ClNO5S/c1-3-32-19-8-11-21(12-9-19)33(29,30)24-16-27(15-17-4-6-18(26)7-5-17)23-13-10-20(31-2)14-22(23)25(24)28/h4-14,16H,3,15H2,1-2H3. The molecule has 0 saturated heterocycles. The van der Waals surface area contributed by atoms with Crippen LogP contribution in [0.1, 0.15) is 12.5 Å². The van der Waals surface area contributed by atoms with Gasteiger partial charge in [-0.3, -0.25) is 4.79 Å². The second-order valence-electron chi connectivity index (χ2n) is 7.37. The van der Waals surface area contributed by atoms with Gasteiger partial charge in [-0.15, -0.1) is 0 Å². The SMILES string of the molecule is CCOc1ccc(S(=O)(=O)c2cn(Cc3ccc(Cl)cc3)c3ccc(OC)cc3c2=O)cc1. The number of fused-ring (bicyclic) bond motifs is 1. The van der Waals surface area contributed by atoms with Crippen molar-refractivity contribution in [3.63, 3.8) is 0 Å². The number of aromatic nitrogens is 1. The molecule has 0 amide bonds. The molecule has 1 heterocycles. The van der Waals surface area contributed by atoms with E-state index in [-0.39, 0.29) is 15.2 Å². The lowest BCUT2D eigenvalue weighted by Gasteiger charge is -2.15. The molecule has 0 saturated carbocycles. The quantitative estimate of drug-likeness (QED) is 0.372. The minimum Gasteiger partial charge on any atom is -0.497 e. The average Bonchev–Trinajstić information content (AvgIpc) is 2.82. The Morgan fingerprint density at radius 2 is 1.61 bits per heavy atom. The highest BCUT2D eigenvalue weighted by atomic mass is 35.5. The van der Waals surface area contributed by atoms with Gasteiger partial charge in [0.25, 0.3) is 0 Å². The first kappa shape index (κ1) is 22.9. The zero-order valence-electron chi connectivity index (χ0n) is 18.1. The van der Waals surface area contributed by atoms with Crippen LogP contribution in [0, 0.1) is 0 Å². The van der Waals surface area contributed by atoms with Crippen molar-refractivity contribution in [1.82, 2.24) is 4.57 Å². The Hall–Kier alpha value is -3.29. The van der Waals surface area contributed by atoms with Crippen LogP contribution in [0.2, 0.25) is 5.02 Å². The molecule has 8 heteroatoms. The number of hydrogen-bond acceptors (Lipinski definition) is 5. The van der Waals surface area contributed by atoms with E-state index >= 15 is 0 Å². The van der Waals surface area contributed by atoms with Crippen LogP contribution in [0.4, 0.5) is 0 Å². The summed E-state index contributed by atoms with van der Waals surface area (Å²) in [5.74, 6) is 1.02. The van der Waals surface area contributed by atoms with E-state index in [9.17, 15) is 13.2 Å². The van der Waals surface area contributed by atoms with Crippen molar-refractivity contribution in [2.75, 3.05) is 13.7 Å². The maximum atomic E-state index is 13.5. The Morgan fingerprint density at radius 3 is 2.24 bits per heavy atom. The fourth-order valence-electron chi connectivity index (χ4n) is 3.59. The maximum Gasteiger partial charge on any atom is 0.211 e. The lowest BCUT2D eigenvalue weighted by molar-refractivity contribution is 0.340. The summed E-state index contributed by atoms with van der Waals surface area (Å²) in [6, 6.07) is 18.3. The Labute approximate surface area is 196 Å². The molecule has 0 unspecified atom stereocenters. The predicted octanol–water partition coefficient (Wildman–Crippen LogP) is 4.94. The molecule has 0 aliphatic rings. The highest BCUT2D eigenvalue weighted by Crippen LogP contribution is 2.26. The molecule has 6 nitrogen and oxygen atoms in total. The molecule has 0 bridgehead atoms. The highest BCUT2D eigenvalue weighted by Gasteiger charge is 2.24. The number of methoxy groups -OCH3 is 1. The number of nitrogens with zero attached hydrogens (tertiary/aromatic N) is 1. The van der Waals surface area contributed by atoms with Crippen LogP contribution in [0.5, 0.6) is 11.5 Å². The molecule has 0 atom stereocenters. The topological polar surface area (TPSA) is 74.6 Å². The highest BCUT2D eigenvalue weighted by molar-refractivity contribution is 7.91. The Balaban J connectivity index is 1.90. The number of sulfone groups is 1. The van der Waals surface area contributed by atoms with E-state index in [0.717, 1.165) is 5.56 Å². The second kappa shape index (κ2) is 9.29. The van der Waals surface area contributed by atoms with Gasteiger partial charge in [0.05, 0.1) is 29.5 Å². The largest absolute Gasteiger partial charge is 0.497 e. The lowest BCUT2D eigenvalue weighted by atomic mass is 10.1. The minimum atomic E-state index is -4.08. The van der Waals surface area contributed by atoms with E-state index < -0.39 is 15.3 Å². The molecule has 0 N–H and O–H groups in total. The Bertz CT molecular complexity index is 1460. The molecule has 0 fully saturated rings. The molecular formula is C25H22ClNO5S. The van der Waals surface area contributed by atoms with E-state index in [1.54, 1.807) is 47.0 Å². The van der Waals surface area contributed by atoms with E-state index in [4.69, 9.17) is 21.1 Å². The summed E-state index contributed by atoms with van der Waals surface area (Å²) in [7, 11) is -2.59. The molecule has 170 valence electrons. The number of halogens is 1. The fourth-order valence-corrected chi connectivity index (χ4v) is 5.09. The van der Waals surface area contributed by atoms with Gasteiger partial charge in [0.2, 0.25) is 15.3 Å². The molecule has 4 aromatic rings. The van der Waals surface area contributed by atoms with Crippen molar-refractivity contribution >= 4 is 32.3 Å². The number of ether oxygens (including phenoxy) is 2. The third kappa shape index (κ3) is 4.60. The summed E-state index contributed by atoms with van der Waals surface area (Å²) in [5, 5.41) is 0.863. The molecule has 1 aromatic heterocycles. The normalized spacial score (nSPS) is 11.5. The fraction of sp³-hybridized carbons (Fsp3) is 0.160. The van der Waals surface area contributed by atoms with Crippen LogP contribution in [-0.4, -0.2) is 26.7 Å². The molecule has 0 aliphatic heterocycles. The van der Waals surface area contributed by atoms with Gasteiger partial charge in [-0.05, 0) is 67.1 Å². The zero-order chi connectivity index (χ0) is 23.6. The summed E-state index contributed by atoms with van der Waals surface area (Å²) in [6.45, 7) is 2.66. The van der Waals surface area contributed by atoms with Crippen molar-refractivity contribution in [1.29, 1.82) is 0 Å². The Morgan fingerprint density at radius 1 is 0.939 bits per heavy atom. The second-order valence-corrected chi connectivity index (χ2v) is 9.72. The third-order valence-electron chi connectivity index (χ3n) is 5.26. The molecule has 0 spiro atoms. The molecule has 4 rings (SSSR count). The van der Waals surface area contributed by atoms with Crippen LogP contribution in [0.25, 0.3) is 10.9 Å². The van der Waals surface area contributed by atoms with Gasteiger partial charge in [-0.1, -0.05) is 23.7 Å². The summed E-state index contributed by atoms with van der Waals surface area (Å²) in [6.07, 6.45) is 1.40. The number of hydrogen-bond donors (Lipinski definition) is 0. The monoisotopic (exact) mass is 483 g/mol. The van der Waals surface area contributed by atoms with Crippen LogP contribution in [0.15, 0.2) is 87.5 Å². The van der Waals surface area contributed by atoms with Crippen molar-refractivity contribution in [3.8, 4) is 11.5 Å². The maximum absolute atomic E-state index is 13.5. The van der Waals surface area contributed by atoms with E-state index in [1.165, 1.54) is 25.4 Å². The van der Waals surface area contributed by atoms with E-state index in [2.05, 4.69) is 0 Å². The Kier molecular flexibility index (Phi) is 6.44. The number of pyridine rings is 1. The number of rotatable bonds is 7. The van der Waals surface area contributed by atoms with Gasteiger partial charge >= 0.3 is 0 Å². The van der Waals surface area contributed by atoms with Gasteiger partial charge in [0.15, 0.2) is 0 Å². The smallest absolute Gasteiger partial charge is 0.211 e. The van der Waals surface area contributed by atoms with Crippen LogP contribution in [0.3, 0.4) is 0 Å². The van der Waals surface area contributed by atoms with Gasteiger partial charge < -0.3 is 14.0 Å². The lowest BCUT2D eigenvalue weighted by Crippen LogP contribution is -2.19. The molecule has 0 radical (unpaired) electrons. The summed E-state index contributed by atoms with van der Waals surface area (Å²) in [4.78, 5) is 13.1. The van der Waals surface area contributed by atoms with Gasteiger partial charge in [0, 0.05) is 17.8 Å². The van der Waals surface area contributed by atoms with Crippen LogP contribution in [-0.2, 0) is 16.4 Å². The van der Waals surface area contributed by atoms with E-state index in [1.807, 2.05) is 19.1 Å². The summed E-state index contributed by atoms with van der Waals surface area (Å²) < 4.78 is 39.4. The van der Waals surface area contributed by atoms with Crippen LogP contribution < -0.4 is 14.9 Å². The first-order valence-corrected chi connectivity index (χ1v) is 12.1. The van der Waals surface area contributed by atoms with Crippen LogP contribution >= 0.6 is 11.6 Å². The third-order valence-corrected chi connectivity index (χ3v) is 7.27. The zero-order valence-corrected chi connectivity index (χ0v) is 19.7. The van der Waals surface area contributed by atoms with Crippen molar-refractivity contribution in [2.45, 2.75) is 23.3 Å². The number of benzene rings is 3. The van der Waals surface area contributed by atoms with Crippen molar-refractivity contribution in [3.05, 3.63) is 93.7 Å². The van der Waals surface area contributed by atoms with Crippen molar-refractivity contribution in [2.24, 2.45) is 0 Å². The molecular weight excluding hydrogens is 462 g/mol.